The topological polar surface area (TPSA) is 93.1 Å². The number of ketones is 1. The Morgan fingerprint density at radius 3 is 2.16 bits per heavy atom. The summed E-state index contributed by atoms with van der Waals surface area (Å²) in [4.78, 5) is 26.9. The number of Topliss-reactive ketones (excluding diaryl/α,β-unsaturated/α-hetero) is 1. The molecule has 14 atom stereocenters. The van der Waals surface area contributed by atoms with Crippen molar-refractivity contribution >= 4 is 11.8 Å². The van der Waals surface area contributed by atoms with Crippen LogP contribution in [0.1, 0.15) is 93.9 Å². The van der Waals surface area contributed by atoms with Crippen LogP contribution in [0, 0.1) is 63.1 Å². The average molecular weight is 517 g/mol. The minimum absolute atomic E-state index is 0.0615. The van der Waals surface area contributed by atoms with Crippen LogP contribution in [-0.2, 0) is 19.1 Å². The first-order valence-corrected chi connectivity index (χ1v) is 14.9. The molecule has 208 valence electrons. The van der Waals surface area contributed by atoms with E-state index in [0.29, 0.717) is 25.0 Å². The number of esters is 1. The molecule has 2 saturated heterocycles. The average Bonchev–Trinajstić information content (AvgIpc) is 3.12. The van der Waals surface area contributed by atoms with Crippen molar-refractivity contribution in [2.24, 2.45) is 63.1 Å². The zero-order valence-corrected chi connectivity index (χ0v) is 24.0. The van der Waals surface area contributed by atoms with Crippen molar-refractivity contribution in [1.82, 2.24) is 0 Å². The summed E-state index contributed by atoms with van der Waals surface area (Å²) in [5, 5.41) is 22.6. The van der Waals surface area contributed by atoms with Crippen molar-refractivity contribution in [3.63, 3.8) is 0 Å². The van der Waals surface area contributed by atoms with Gasteiger partial charge in [0.05, 0.1) is 24.2 Å². The van der Waals surface area contributed by atoms with E-state index < -0.39 is 28.8 Å². The molecule has 0 aromatic heterocycles. The number of aliphatic hydroxyl groups is 2. The third kappa shape index (κ3) is 2.84. The van der Waals surface area contributed by atoms with Crippen LogP contribution in [0.5, 0.6) is 0 Å². The summed E-state index contributed by atoms with van der Waals surface area (Å²) >= 11 is 0. The highest BCUT2D eigenvalue weighted by atomic mass is 16.7. The maximum absolute atomic E-state index is 14.2. The van der Waals surface area contributed by atoms with Gasteiger partial charge in [-0.1, -0.05) is 55.4 Å². The summed E-state index contributed by atoms with van der Waals surface area (Å²) in [7, 11) is 0. The molecule has 6 fully saturated rings. The van der Waals surface area contributed by atoms with E-state index in [4.69, 9.17) is 9.47 Å². The van der Waals surface area contributed by atoms with Crippen molar-refractivity contribution < 1.29 is 29.3 Å². The lowest BCUT2D eigenvalue weighted by atomic mass is 9.37. The Balaban J connectivity index is 1.50. The van der Waals surface area contributed by atoms with Gasteiger partial charge in [-0.25, -0.2) is 0 Å². The molecule has 4 saturated carbocycles. The molecule has 4 aliphatic carbocycles. The lowest BCUT2D eigenvalue weighted by molar-refractivity contribution is -0.302. The molecule has 0 radical (unpaired) electrons. The van der Waals surface area contributed by atoms with Crippen LogP contribution in [0.2, 0.25) is 0 Å². The highest BCUT2D eigenvalue weighted by molar-refractivity contribution is 5.89. The van der Waals surface area contributed by atoms with E-state index in [2.05, 4.69) is 48.5 Å². The Hall–Kier alpha value is -0.980. The van der Waals surface area contributed by atoms with Gasteiger partial charge in [0.15, 0.2) is 0 Å². The summed E-state index contributed by atoms with van der Waals surface area (Å²) < 4.78 is 13.3. The zero-order chi connectivity index (χ0) is 27.1. The van der Waals surface area contributed by atoms with Crippen LogP contribution in [0.25, 0.3) is 0 Å². The van der Waals surface area contributed by atoms with Crippen molar-refractivity contribution in [3.05, 3.63) is 0 Å². The molecular weight excluding hydrogens is 468 g/mol. The summed E-state index contributed by atoms with van der Waals surface area (Å²) in [5.74, 6) is -0.293. The summed E-state index contributed by atoms with van der Waals surface area (Å²) in [6.45, 7) is 17.3. The highest BCUT2D eigenvalue weighted by Gasteiger charge is 2.77. The number of hydrogen-bond donors (Lipinski definition) is 2. The molecule has 2 heterocycles. The molecule has 1 spiro atoms. The molecule has 0 aromatic carbocycles. The number of aliphatic hydroxyl groups excluding tert-OH is 2. The van der Waals surface area contributed by atoms with Crippen LogP contribution >= 0.6 is 0 Å². The standard InChI is InChI=1S/C31H48O6/c1-15-14-31(17(3)16(2)26(35)37-31)36-25-12-20-18(29(7)24(34)11-19(15)30(25,29)8)9-10-21-27(4,5)22(32)13-23(33)28(20,21)6/h15-23,25,32-33H,9-14H2,1-8H3. The van der Waals surface area contributed by atoms with Gasteiger partial charge in [-0.05, 0) is 54.3 Å². The van der Waals surface area contributed by atoms with Gasteiger partial charge in [-0.3, -0.25) is 9.59 Å². The third-order valence-corrected chi connectivity index (χ3v) is 14.2. The van der Waals surface area contributed by atoms with Crippen LogP contribution in [0.3, 0.4) is 0 Å². The van der Waals surface area contributed by atoms with E-state index in [0.717, 1.165) is 19.3 Å². The Bertz CT molecular complexity index is 1020. The van der Waals surface area contributed by atoms with Gasteiger partial charge in [-0.15, -0.1) is 0 Å². The first-order valence-electron chi connectivity index (χ1n) is 14.9. The van der Waals surface area contributed by atoms with Gasteiger partial charge in [0.1, 0.15) is 5.78 Å². The second-order valence-electron chi connectivity index (χ2n) is 15.4. The monoisotopic (exact) mass is 516 g/mol. The van der Waals surface area contributed by atoms with Gasteiger partial charge >= 0.3 is 5.97 Å². The predicted molar refractivity (Wildman–Crippen MR) is 138 cm³/mol. The number of hydrogen-bond acceptors (Lipinski definition) is 6. The highest BCUT2D eigenvalue weighted by Crippen LogP contribution is 2.75. The van der Waals surface area contributed by atoms with Crippen molar-refractivity contribution in [1.29, 1.82) is 0 Å². The van der Waals surface area contributed by atoms with E-state index >= 15 is 0 Å². The molecule has 6 nitrogen and oxygen atoms in total. The smallest absolute Gasteiger partial charge is 0.311 e. The number of fused-ring (bicyclic) bond motifs is 4. The second-order valence-corrected chi connectivity index (χ2v) is 15.4. The fourth-order valence-corrected chi connectivity index (χ4v) is 11.4. The van der Waals surface area contributed by atoms with Gasteiger partial charge in [0.2, 0.25) is 5.79 Å². The fraction of sp³-hybridized carbons (Fsp3) is 0.935. The van der Waals surface area contributed by atoms with E-state index in [-0.39, 0.29) is 64.3 Å². The largest absolute Gasteiger partial charge is 0.432 e. The van der Waals surface area contributed by atoms with Gasteiger partial charge < -0.3 is 19.7 Å². The molecule has 2 N–H and O–H groups in total. The maximum Gasteiger partial charge on any atom is 0.311 e. The van der Waals surface area contributed by atoms with Crippen LogP contribution in [0.4, 0.5) is 0 Å². The lowest BCUT2D eigenvalue weighted by Crippen LogP contribution is -2.69. The Kier molecular flexibility index (Phi) is 5.39. The molecule has 14 unspecified atom stereocenters. The number of rotatable bonds is 0. The van der Waals surface area contributed by atoms with Crippen LogP contribution in [-0.4, -0.2) is 46.1 Å². The van der Waals surface area contributed by atoms with Crippen molar-refractivity contribution in [2.75, 3.05) is 0 Å². The molecule has 0 amide bonds. The minimum Gasteiger partial charge on any atom is -0.432 e. The summed E-state index contributed by atoms with van der Waals surface area (Å²) in [6.07, 6.45) is 2.74. The molecule has 37 heavy (non-hydrogen) atoms. The Morgan fingerprint density at radius 2 is 1.54 bits per heavy atom. The lowest BCUT2D eigenvalue weighted by Gasteiger charge is -2.69. The second kappa shape index (κ2) is 7.60. The first kappa shape index (κ1) is 26.3. The SMILES string of the molecule is CC1CC2(OC(=O)C(C)C2C)OC2CC3C(CCC4C(C)(C)C(O)CC(O)C34C)C3(C)C(=O)CC1C23C. The summed E-state index contributed by atoms with van der Waals surface area (Å²) in [5.41, 5.74) is -1.65. The fourth-order valence-electron chi connectivity index (χ4n) is 11.4. The number of carbonyl (C=O) groups is 2. The predicted octanol–water partition coefficient (Wildman–Crippen LogP) is 4.74. The quantitative estimate of drug-likeness (QED) is 0.452. The normalized spacial score (nSPS) is 60.4. The third-order valence-electron chi connectivity index (χ3n) is 14.2. The summed E-state index contributed by atoms with van der Waals surface area (Å²) in [6, 6.07) is 0. The van der Waals surface area contributed by atoms with Crippen LogP contribution < -0.4 is 0 Å². The maximum atomic E-state index is 14.2. The zero-order valence-electron chi connectivity index (χ0n) is 24.0. The van der Waals surface area contributed by atoms with E-state index in [9.17, 15) is 19.8 Å². The molecule has 2 aliphatic heterocycles. The van der Waals surface area contributed by atoms with Gasteiger partial charge in [0, 0.05) is 41.4 Å². The minimum atomic E-state index is -0.958. The van der Waals surface area contributed by atoms with Gasteiger partial charge in [-0.2, -0.15) is 0 Å². The molecule has 6 aliphatic rings. The number of ether oxygens (including phenoxy) is 2. The van der Waals surface area contributed by atoms with Crippen molar-refractivity contribution in [2.45, 2.75) is 118 Å². The molecule has 6 rings (SSSR count). The van der Waals surface area contributed by atoms with E-state index in [1.54, 1.807) is 0 Å². The Labute approximate surface area is 222 Å². The Morgan fingerprint density at radius 1 is 0.865 bits per heavy atom. The van der Waals surface area contributed by atoms with Crippen molar-refractivity contribution in [3.8, 4) is 0 Å². The van der Waals surface area contributed by atoms with Gasteiger partial charge in [0.25, 0.3) is 0 Å². The van der Waals surface area contributed by atoms with E-state index in [1.165, 1.54) is 0 Å². The molecule has 6 heteroatoms. The molecule has 0 bridgehead atoms. The molecular formula is C31H48O6. The number of carbonyl (C=O) groups excluding carboxylic acids is 2. The van der Waals surface area contributed by atoms with Crippen LogP contribution in [0.15, 0.2) is 0 Å². The molecule has 0 aromatic rings. The first-order chi connectivity index (χ1) is 17.1. The van der Waals surface area contributed by atoms with E-state index in [1.807, 2.05) is 6.92 Å².